The van der Waals surface area contributed by atoms with Crippen molar-refractivity contribution in [2.24, 2.45) is 0 Å². The van der Waals surface area contributed by atoms with Gasteiger partial charge in [0.2, 0.25) is 0 Å². The summed E-state index contributed by atoms with van der Waals surface area (Å²) in [5, 5.41) is 3.24. The third-order valence-electron chi connectivity index (χ3n) is 6.08. The average molecular weight is 542 g/mol. The van der Waals surface area contributed by atoms with Crippen molar-refractivity contribution >= 4 is 14.6 Å². The van der Waals surface area contributed by atoms with Crippen LogP contribution in [0.1, 0.15) is 103 Å². The zero-order valence-corrected chi connectivity index (χ0v) is 24.4. The maximum atomic E-state index is 11.5. The van der Waals surface area contributed by atoms with E-state index in [9.17, 15) is 9.69 Å². The first kappa shape index (κ1) is 33.8. The van der Waals surface area contributed by atoms with Gasteiger partial charge in [0.15, 0.2) is 6.10 Å². The molecule has 0 aliphatic heterocycles. The second-order valence-electron chi connectivity index (χ2n) is 9.55. The first-order chi connectivity index (χ1) is 18.0. The fourth-order valence-corrected chi connectivity index (χ4v) is 4.62. The lowest BCUT2D eigenvalue weighted by atomic mass is 10.0. The predicted molar refractivity (Wildman–Crippen MR) is 152 cm³/mol. The van der Waals surface area contributed by atoms with Gasteiger partial charge in [-0.25, -0.2) is 0 Å². The molecule has 0 fully saturated rings. The van der Waals surface area contributed by atoms with E-state index < -0.39 is 20.7 Å². The van der Waals surface area contributed by atoms with Crippen molar-refractivity contribution in [3.63, 3.8) is 0 Å². The highest BCUT2D eigenvalue weighted by Crippen LogP contribution is 2.33. The monoisotopic (exact) mass is 541 g/mol. The van der Waals surface area contributed by atoms with Crippen molar-refractivity contribution in [3.8, 4) is 5.75 Å². The number of esters is 1. The van der Waals surface area contributed by atoms with Gasteiger partial charge in [0, 0.05) is 6.92 Å². The molecule has 0 heterocycles. The van der Waals surface area contributed by atoms with E-state index in [1.54, 1.807) is 0 Å². The van der Waals surface area contributed by atoms with E-state index >= 15 is 0 Å². The summed E-state index contributed by atoms with van der Waals surface area (Å²) in [5.74, 6) is 0.294. The summed E-state index contributed by atoms with van der Waals surface area (Å²) < 4.78 is 21.8. The maximum absolute atomic E-state index is 11.5. The van der Waals surface area contributed by atoms with Crippen LogP contribution in [0.15, 0.2) is 24.3 Å². The minimum absolute atomic E-state index is 0.00992. The molecule has 37 heavy (non-hydrogen) atoms. The van der Waals surface area contributed by atoms with Crippen LogP contribution in [-0.4, -0.2) is 49.9 Å². The number of benzene rings is 1. The fraction of sp³-hybridized carbons (Fsp3) is 0.759. The number of nitrogens with one attached hydrogen (secondary N) is 1. The number of aryl methyl sites for hydroxylation is 1. The molecule has 0 aromatic heterocycles. The first-order valence-electron chi connectivity index (χ1n) is 14.4. The van der Waals surface area contributed by atoms with Crippen LogP contribution < -0.4 is 10.1 Å². The maximum Gasteiger partial charge on any atom is 0.329 e. The average Bonchev–Trinajstić information content (AvgIpc) is 2.89. The molecule has 2 N–H and O–H groups in total. The van der Waals surface area contributed by atoms with Gasteiger partial charge >= 0.3 is 14.6 Å². The van der Waals surface area contributed by atoms with Crippen molar-refractivity contribution in [3.05, 3.63) is 29.8 Å². The highest BCUT2D eigenvalue weighted by molar-refractivity contribution is 7.40. The Labute approximate surface area is 227 Å². The molecule has 0 aliphatic carbocycles. The Balaban J connectivity index is 2.22. The molecule has 0 radical (unpaired) electrons. The van der Waals surface area contributed by atoms with E-state index in [4.69, 9.17) is 18.5 Å². The summed E-state index contributed by atoms with van der Waals surface area (Å²) in [5.41, 5.74) is 1.31. The number of ether oxygens (including phenoxy) is 2. The number of carbonyl (C=O) groups is 1. The number of rotatable bonds is 25. The van der Waals surface area contributed by atoms with Gasteiger partial charge in [0.25, 0.3) is 0 Å². The normalized spacial score (nSPS) is 12.9. The molecule has 214 valence electrons. The first-order valence-corrected chi connectivity index (χ1v) is 15.5. The molecule has 0 aliphatic rings. The van der Waals surface area contributed by atoms with E-state index in [1.165, 1.54) is 76.7 Å². The van der Waals surface area contributed by atoms with Crippen LogP contribution in [0.4, 0.5) is 0 Å². The van der Waals surface area contributed by atoms with Gasteiger partial charge in [-0.1, -0.05) is 83.8 Å². The molecule has 1 aromatic rings. The molecule has 2 unspecified atom stereocenters. The van der Waals surface area contributed by atoms with Gasteiger partial charge in [-0.2, -0.15) is 0 Å². The number of unbranched alkanes of at least 4 members (excludes halogenated alkanes) is 10. The lowest BCUT2D eigenvalue weighted by Gasteiger charge is -2.19. The zero-order chi connectivity index (χ0) is 27.0. The van der Waals surface area contributed by atoms with Gasteiger partial charge in [0.05, 0.1) is 13.2 Å². The van der Waals surface area contributed by atoms with Crippen LogP contribution in [0.2, 0.25) is 0 Å². The Hall–Kier alpha value is -1.24. The van der Waals surface area contributed by atoms with E-state index in [-0.39, 0.29) is 13.2 Å². The quantitative estimate of drug-likeness (QED) is 0.0775. The highest BCUT2D eigenvalue weighted by atomic mass is 31.2. The van der Waals surface area contributed by atoms with Crippen molar-refractivity contribution in [2.75, 3.05) is 32.9 Å². The van der Waals surface area contributed by atoms with Crippen molar-refractivity contribution in [2.45, 2.75) is 110 Å². The van der Waals surface area contributed by atoms with Gasteiger partial charge in [-0.3, -0.25) is 4.79 Å². The van der Waals surface area contributed by atoms with Crippen LogP contribution in [0, 0.1) is 0 Å². The van der Waals surface area contributed by atoms with Gasteiger partial charge in [0.1, 0.15) is 12.4 Å². The molecule has 7 nitrogen and oxygen atoms in total. The van der Waals surface area contributed by atoms with Gasteiger partial charge in [-0.15, -0.1) is 0 Å². The molecule has 0 spiro atoms. The van der Waals surface area contributed by atoms with E-state index in [0.717, 1.165) is 32.4 Å². The second kappa shape index (κ2) is 23.8. The molecule has 0 saturated carbocycles. The SMILES string of the molecule is CCCCCCCCCCCCc1ccc(OCC(COP(O)OCCCCNCC)OC(C)=O)cc1. The Bertz CT molecular complexity index is 660. The van der Waals surface area contributed by atoms with E-state index in [1.807, 2.05) is 12.1 Å². The van der Waals surface area contributed by atoms with Crippen LogP contribution in [0.5, 0.6) is 5.75 Å². The minimum atomic E-state index is -2.01. The second-order valence-corrected chi connectivity index (χ2v) is 10.5. The molecule has 8 heteroatoms. The Morgan fingerprint density at radius 1 is 0.865 bits per heavy atom. The van der Waals surface area contributed by atoms with Crippen molar-refractivity contribution in [1.82, 2.24) is 5.32 Å². The van der Waals surface area contributed by atoms with Crippen molar-refractivity contribution in [1.29, 1.82) is 0 Å². The molecular formula is C29H52NO6P. The van der Waals surface area contributed by atoms with Crippen LogP contribution >= 0.6 is 8.60 Å². The summed E-state index contributed by atoms with van der Waals surface area (Å²) in [7, 11) is -2.01. The van der Waals surface area contributed by atoms with Crippen LogP contribution in [0.25, 0.3) is 0 Å². The standard InChI is InChI=1S/C29H52NO6P/c1-4-6-7-8-9-10-11-12-13-14-17-27-18-20-28(21-19-27)33-24-29(36-26(3)31)25-35-37(32)34-23-16-15-22-30-5-2/h18-21,29-30,32H,4-17,22-25H2,1-3H3. The van der Waals surface area contributed by atoms with E-state index in [0.29, 0.717) is 12.4 Å². The molecule has 0 bridgehead atoms. The number of carbonyl (C=O) groups excluding carboxylic acids is 1. The Morgan fingerprint density at radius 3 is 2.14 bits per heavy atom. The summed E-state index contributed by atoms with van der Waals surface area (Å²) in [4.78, 5) is 21.4. The van der Waals surface area contributed by atoms with E-state index in [2.05, 4.69) is 31.3 Å². The Morgan fingerprint density at radius 2 is 1.51 bits per heavy atom. The lowest BCUT2D eigenvalue weighted by molar-refractivity contribution is -0.149. The van der Waals surface area contributed by atoms with Crippen LogP contribution in [-0.2, 0) is 25.0 Å². The van der Waals surface area contributed by atoms with Crippen LogP contribution in [0.3, 0.4) is 0 Å². The summed E-state index contributed by atoms with van der Waals surface area (Å²) in [6.07, 6.45) is 15.7. The largest absolute Gasteiger partial charge is 0.490 e. The fourth-order valence-electron chi connectivity index (χ4n) is 3.96. The lowest BCUT2D eigenvalue weighted by Crippen LogP contribution is -2.28. The summed E-state index contributed by atoms with van der Waals surface area (Å²) in [6.45, 7) is 8.12. The zero-order valence-electron chi connectivity index (χ0n) is 23.6. The molecule has 0 amide bonds. The topological polar surface area (TPSA) is 86.2 Å². The molecule has 1 aromatic carbocycles. The molecular weight excluding hydrogens is 489 g/mol. The minimum Gasteiger partial charge on any atom is -0.490 e. The third-order valence-corrected chi connectivity index (χ3v) is 6.85. The highest BCUT2D eigenvalue weighted by Gasteiger charge is 2.17. The predicted octanol–water partition coefficient (Wildman–Crippen LogP) is 7.10. The van der Waals surface area contributed by atoms with Gasteiger partial charge in [-0.05, 0) is 56.5 Å². The Kier molecular flexibility index (Phi) is 21.8. The molecule has 2 atom stereocenters. The molecule has 1 rings (SSSR count). The van der Waals surface area contributed by atoms with Crippen molar-refractivity contribution < 1.29 is 28.2 Å². The summed E-state index contributed by atoms with van der Waals surface area (Å²) in [6, 6.07) is 8.09. The number of hydrogen-bond donors (Lipinski definition) is 2. The molecule has 0 saturated heterocycles. The summed E-state index contributed by atoms with van der Waals surface area (Å²) >= 11 is 0. The van der Waals surface area contributed by atoms with Gasteiger partial charge < -0.3 is 28.7 Å². The smallest absolute Gasteiger partial charge is 0.329 e. The number of hydrogen-bond acceptors (Lipinski definition) is 7. The third kappa shape index (κ3) is 20.4.